The van der Waals surface area contributed by atoms with Crippen molar-refractivity contribution >= 4 is 40.5 Å². The fourth-order valence-corrected chi connectivity index (χ4v) is 5.31. The molecule has 2 atom stereocenters. The number of carbonyl (C=O) groups is 1. The summed E-state index contributed by atoms with van der Waals surface area (Å²) in [5, 5.41) is 11.7. The molecule has 4 nitrogen and oxygen atoms in total. The van der Waals surface area contributed by atoms with Gasteiger partial charge in [0.2, 0.25) is 0 Å². The van der Waals surface area contributed by atoms with Crippen molar-refractivity contribution in [1.82, 2.24) is 0 Å². The quantitative estimate of drug-likeness (QED) is 0.244. The Morgan fingerprint density at radius 1 is 1.00 bits per heavy atom. The zero-order valence-corrected chi connectivity index (χ0v) is 22.0. The molecule has 1 N–H and O–H groups in total. The SMILES string of the molecule is C[C@@H](CCCC1CN(c2cccc(CCC(=O)O)c2)c2ccccc2O1)c1cccc2ccccc12.Cl. The Morgan fingerprint density at radius 3 is 2.62 bits per heavy atom. The van der Waals surface area contributed by atoms with E-state index in [4.69, 9.17) is 9.84 Å². The fraction of sp³-hybridized carbons (Fsp3) is 0.281. The van der Waals surface area contributed by atoms with Gasteiger partial charge in [0.1, 0.15) is 11.9 Å². The largest absolute Gasteiger partial charge is 0.486 e. The van der Waals surface area contributed by atoms with Crippen molar-refractivity contribution in [1.29, 1.82) is 0 Å². The van der Waals surface area contributed by atoms with Crippen LogP contribution in [0, 0.1) is 0 Å². The maximum atomic E-state index is 11.0. The van der Waals surface area contributed by atoms with Gasteiger partial charge >= 0.3 is 5.97 Å². The van der Waals surface area contributed by atoms with E-state index in [0.717, 1.165) is 48.5 Å². The van der Waals surface area contributed by atoms with E-state index in [9.17, 15) is 4.79 Å². The molecule has 0 radical (unpaired) electrons. The number of ether oxygens (including phenoxy) is 1. The molecule has 4 aromatic rings. The Bertz CT molecular complexity index is 1350. The highest BCUT2D eigenvalue weighted by atomic mass is 35.5. The highest BCUT2D eigenvalue weighted by Gasteiger charge is 2.26. The topological polar surface area (TPSA) is 49.8 Å². The first kappa shape index (κ1) is 26.6. The molecule has 0 saturated carbocycles. The molecule has 0 fully saturated rings. The smallest absolute Gasteiger partial charge is 0.303 e. The Hall–Kier alpha value is -3.50. The molecule has 37 heavy (non-hydrogen) atoms. The van der Waals surface area contributed by atoms with Crippen molar-refractivity contribution in [3.05, 3.63) is 102 Å². The van der Waals surface area contributed by atoms with Gasteiger partial charge in [-0.25, -0.2) is 0 Å². The highest BCUT2D eigenvalue weighted by Crippen LogP contribution is 2.39. The van der Waals surface area contributed by atoms with Crippen molar-refractivity contribution in [3.63, 3.8) is 0 Å². The molecule has 0 amide bonds. The number of hydrogen-bond acceptors (Lipinski definition) is 3. The second kappa shape index (κ2) is 12.2. The maximum Gasteiger partial charge on any atom is 0.303 e. The minimum Gasteiger partial charge on any atom is -0.486 e. The van der Waals surface area contributed by atoms with E-state index in [1.165, 1.54) is 16.3 Å². The van der Waals surface area contributed by atoms with Gasteiger partial charge in [0.05, 0.1) is 12.2 Å². The van der Waals surface area contributed by atoms with Crippen LogP contribution in [0.4, 0.5) is 11.4 Å². The van der Waals surface area contributed by atoms with Gasteiger partial charge in [-0.1, -0.05) is 73.7 Å². The van der Waals surface area contributed by atoms with Gasteiger partial charge in [-0.15, -0.1) is 12.4 Å². The lowest BCUT2D eigenvalue weighted by molar-refractivity contribution is -0.136. The number of carboxylic acid groups (broad SMARTS) is 1. The van der Waals surface area contributed by atoms with Crippen LogP contribution >= 0.6 is 12.4 Å². The van der Waals surface area contributed by atoms with Gasteiger partial charge in [-0.05, 0) is 77.8 Å². The molecular formula is C32H34ClNO3. The molecular weight excluding hydrogens is 482 g/mol. The van der Waals surface area contributed by atoms with Crippen molar-refractivity contribution in [2.75, 3.05) is 11.4 Å². The van der Waals surface area contributed by atoms with Gasteiger partial charge in [0.15, 0.2) is 0 Å². The summed E-state index contributed by atoms with van der Waals surface area (Å²) in [6.45, 7) is 3.11. The standard InChI is InChI=1S/C32H33NO3.ClH/c1-23(28-16-8-12-25-11-2-3-15-29(25)28)9-6-14-27-22-33(30-17-4-5-18-31(30)36-27)26-13-7-10-24(21-26)19-20-32(34)35;/h2-5,7-8,10-13,15-18,21,23,27H,6,9,14,19-20,22H2,1H3,(H,34,35);1H/t23-,27?;/m0./s1. The number of fused-ring (bicyclic) bond motifs is 2. The first-order valence-electron chi connectivity index (χ1n) is 12.9. The van der Waals surface area contributed by atoms with Crippen molar-refractivity contribution in [2.45, 2.75) is 51.0 Å². The molecule has 0 spiro atoms. The summed E-state index contributed by atoms with van der Waals surface area (Å²) < 4.78 is 6.43. The second-order valence-corrected chi connectivity index (χ2v) is 9.78. The number of hydrogen-bond donors (Lipinski definition) is 1. The third-order valence-corrected chi connectivity index (χ3v) is 7.20. The predicted octanol–water partition coefficient (Wildman–Crippen LogP) is 8.15. The third kappa shape index (κ3) is 6.26. The van der Waals surface area contributed by atoms with Crippen molar-refractivity contribution < 1.29 is 14.6 Å². The molecule has 5 heteroatoms. The normalized spacial score (nSPS) is 15.4. The third-order valence-electron chi connectivity index (χ3n) is 7.20. The molecule has 1 aliphatic heterocycles. The Balaban J connectivity index is 0.00000320. The molecule has 0 aliphatic carbocycles. The van der Waals surface area contributed by atoms with Crippen molar-refractivity contribution in [3.8, 4) is 5.75 Å². The summed E-state index contributed by atoms with van der Waals surface area (Å²) in [6, 6.07) is 31.7. The minimum absolute atomic E-state index is 0. The van der Waals surface area contributed by atoms with Crippen molar-refractivity contribution in [2.24, 2.45) is 0 Å². The number of aryl methyl sites for hydroxylation is 1. The molecule has 1 aliphatic rings. The Labute approximate surface area is 225 Å². The van der Waals surface area contributed by atoms with Crippen LogP contribution in [0.2, 0.25) is 0 Å². The van der Waals surface area contributed by atoms with Crippen LogP contribution in [-0.4, -0.2) is 23.7 Å². The zero-order valence-electron chi connectivity index (χ0n) is 21.2. The van der Waals surface area contributed by atoms with Crippen LogP contribution in [0.1, 0.15) is 49.7 Å². The molecule has 5 rings (SSSR count). The highest BCUT2D eigenvalue weighted by molar-refractivity contribution is 5.86. The lowest BCUT2D eigenvalue weighted by Crippen LogP contribution is -2.37. The number of benzene rings is 4. The van der Waals surface area contributed by atoms with Gasteiger partial charge in [0.25, 0.3) is 0 Å². The summed E-state index contributed by atoms with van der Waals surface area (Å²) in [6.07, 6.45) is 3.95. The number of nitrogens with zero attached hydrogens (tertiary/aromatic N) is 1. The molecule has 192 valence electrons. The van der Waals surface area contributed by atoms with E-state index < -0.39 is 5.97 Å². The van der Waals surface area contributed by atoms with Crippen LogP contribution in [0.5, 0.6) is 5.75 Å². The monoisotopic (exact) mass is 515 g/mol. The van der Waals surface area contributed by atoms with E-state index >= 15 is 0 Å². The summed E-state index contributed by atoms with van der Waals surface area (Å²) >= 11 is 0. The van der Waals surface area contributed by atoms with Gasteiger partial charge in [-0.2, -0.15) is 0 Å². The van der Waals surface area contributed by atoms with E-state index in [-0.39, 0.29) is 24.9 Å². The molecule has 0 aromatic heterocycles. The number of para-hydroxylation sites is 2. The lowest BCUT2D eigenvalue weighted by atomic mass is 9.90. The number of rotatable bonds is 9. The number of carboxylic acids is 1. The second-order valence-electron chi connectivity index (χ2n) is 9.78. The number of halogens is 1. The van der Waals surface area contributed by atoms with Crippen LogP contribution in [0.15, 0.2) is 91.0 Å². The minimum atomic E-state index is -0.769. The van der Waals surface area contributed by atoms with E-state index in [0.29, 0.717) is 12.3 Å². The van der Waals surface area contributed by atoms with Gasteiger partial charge < -0.3 is 14.7 Å². The van der Waals surface area contributed by atoms with Crippen LogP contribution in [0.3, 0.4) is 0 Å². The van der Waals surface area contributed by atoms with Gasteiger partial charge in [0, 0.05) is 12.1 Å². The Kier molecular flexibility index (Phi) is 8.73. The fourth-order valence-electron chi connectivity index (χ4n) is 5.31. The summed E-state index contributed by atoms with van der Waals surface area (Å²) in [5.41, 5.74) is 4.61. The predicted molar refractivity (Wildman–Crippen MR) is 154 cm³/mol. The van der Waals surface area contributed by atoms with E-state index in [2.05, 4.69) is 72.5 Å². The summed E-state index contributed by atoms with van der Waals surface area (Å²) in [7, 11) is 0. The average molecular weight is 516 g/mol. The van der Waals surface area contributed by atoms with Crippen LogP contribution < -0.4 is 9.64 Å². The Morgan fingerprint density at radius 2 is 1.76 bits per heavy atom. The van der Waals surface area contributed by atoms with E-state index in [1.54, 1.807) is 0 Å². The molecule has 0 bridgehead atoms. The zero-order chi connectivity index (χ0) is 24.9. The van der Waals surface area contributed by atoms with E-state index in [1.807, 2.05) is 30.3 Å². The molecule has 0 saturated heterocycles. The molecule has 4 aromatic carbocycles. The number of anilines is 2. The average Bonchev–Trinajstić information content (AvgIpc) is 2.91. The first-order valence-corrected chi connectivity index (χ1v) is 12.9. The lowest BCUT2D eigenvalue weighted by Gasteiger charge is -2.36. The first-order chi connectivity index (χ1) is 17.6. The van der Waals surface area contributed by atoms with Crippen LogP contribution in [0.25, 0.3) is 10.8 Å². The molecule has 1 heterocycles. The summed E-state index contributed by atoms with van der Waals surface area (Å²) in [5.74, 6) is 0.621. The van der Waals surface area contributed by atoms with Crippen LogP contribution in [-0.2, 0) is 11.2 Å². The van der Waals surface area contributed by atoms with Gasteiger partial charge in [-0.3, -0.25) is 4.79 Å². The summed E-state index contributed by atoms with van der Waals surface area (Å²) in [4.78, 5) is 13.4. The molecule has 1 unspecified atom stereocenters. The maximum absolute atomic E-state index is 11.0. The number of aliphatic carboxylic acids is 1.